The minimum Gasteiger partial charge on any atom is -0.480 e. The monoisotopic (exact) mass is 439 g/mol. The molecule has 0 saturated carbocycles. The first-order valence-electron chi connectivity index (χ1n) is 7.43. The molecule has 0 heterocycles. The third kappa shape index (κ3) is 4.58. The molecule has 3 nitrogen and oxygen atoms in total. The molecule has 122 valence electrons. The molecule has 5 heteroatoms. The third-order valence-corrected chi connectivity index (χ3v) is 4.67. The van der Waals surface area contributed by atoms with E-state index in [1.54, 1.807) is 6.92 Å². The number of hydrogen-bond donors (Lipinski definition) is 1. The smallest absolute Gasteiger partial charge is 0.265 e. The van der Waals surface area contributed by atoms with Crippen LogP contribution in [0.25, 0.3) is 0 Å². The van der Waals surface area contributed by atoms with E-state index in [0.717, 1.165) is 32.2 Å². The lowest BCUT2D eigenvalue weighted by molar-refractivity contribution is -0.122. The molecular formula is C18H19Br2NO2. The second-order valence-corrected chi connectivity index (χ2v) is 7.06. The number of amides is 1. The van der Waals surface area contributed by atoms with Crippen molar-refractivity contribution >= 4 is 43.5 Å². The van der Waals surface area contributed by atoms with Crippen LogP contribution in [-0.4, -0.2) is 12.0 Å². The topological polar surface area (TPSA) is 38.3 Å². The molecule has 0 radical (unpaired) electrons. The van der Waals surface area contributed by atoms with E-state index >= 15 is 0 Å². The Balaban J connectivity index is 2.12. The van der Waals surface area contributed by atoms with Crippen LogP contribution in [0.5, 0.6) is 5.75 Å². The lowest BCUT2D eigenvalue weighted by Gasteiger charge is -2.18. The summed E-state index contributed by atoms with van der Waals surface area (Å²) in [6, 6.07) is 11.6. The van der Waals surface area contributed by atoms with Crippen LogP contribution in [0.4, 0.5) is 5.69 Å². The summed E-state index contributed by atoms with van der Waals surface area (Å²) in [7, 11) is 0. The molecule has 1 N–H and O–H groups in total. The average molecular weight is 441 g/mol. The molecule has 2 aromatic carbocycles. The molecule has 0 bridgehead atoms. The second kappa shape index (κ2) is 7.97. The molecule has 0 aliphatic rings. The van der Waals surface area contributed by atoms with Crippen molar-refractivity contribution in [3.05, 3.63) is 56.5 Å². The van der Waals surface area contributed by atoms with Gasteiger partial charge in [0.2, 0.25) is 0 Å². The largest absolute Gasteiger partial charge is 0.480 e. The Morgan fingerprint density at radius 2 is 2.00 bits per heavy atom. The highest BCUT2D eigenvalue weighted by Crippen LogP contribution is 2.29. The number of nitrogens with one attached hydrogen (secondary N) is 1. The molecule has 1 amide bonds. The van der Waals surface area contributed by atoms with Crippen LogP contribution in [0, 0.1) is 6.92 Å². The van der Waals surface area contributed by atoms with E-state index in [-0.39, 0.29) is 5.91 Å². The van der Waals surface area contributed by atoms with Gasteiger partial charge < -0.3 is 10.1 Å². The van der Waals surface area contributed by atoms with Crippen molar-refractivity contribution in [1.82, 2.24) is 0 Å². The Bertz CT molecular complexity index is 716. The highest BCUT2D eigenvalue weighted by atomic mass is 79.9. The maximum absolute atomic E-state index is 12.5. The number of carbonyl (C=O) groups excluding carboxylic acids is 1. The van der Waals surface area contributed by atoms with Crippen molar-refractivity contribution in [3.63, 3.8) is 0 Å². The first-order valence-corrected chi connectivity index (χ1v) is 9.02. The highest BCUT2D eigenvalue weighted by molar-refractivity contribution is 9.11. The van der Waals surface area contributed by atoms with Gasteiger partial charge in [-0.1, -0.05) is 41.1 Å². The van der Waals surface area contributed by atoms with Crippen LogP contribution in [0.1, 0.15) is 25.0 Å². The molecule has 23 heavy (non-hydrogen) atoms. The number of para-hydroxylation sites is 1. The van der Waals surface area contributed by atoms with E-state index in [4.69, 9.17) is 4.74 Å². The Labute approximate surface area is 153 Å². The second-order valence-electron chi connectivity index (χ2n) is 5.29. The van der Waals surface area contributed by atoms with Gasteiger partial charge in [0.15, 0.2) is 6.10 Å². The molecule has 0 unspecified atom stereocenters. The number of aryl methyl sites for hydroxylation is 2. The van der Waals surface area contributed by atoms with E-state index < -0.39 is 6.10 Å². The fourth-order valence-electron chi connectivity index (χ4n) is 2.24. The maximum Gasteiger partial charge on any atom is 0.265 e. The van der Waals surface area contributed by atoms with Gasteiger partial charge in [-0.25, -0.2) is 0 Å². The summed E-state index contributed by atoms with van der Waals surface area (Å²) in [5.74, 6) is 0.472. The third-order valence-electron chi connectivity index (χ3n) is 3.56. The molecular weight excluding hydrogens is 422 g/mol. The number of anilines is 1. The van der Waals surface area contributed by atoms with Crippen LogP contribution in [0.2, 0.25) is 0 Å². The van der Waals surface area contributed by atoms with Gasteiger partial charge in [0.05, 0.1) is 4.47 Å². The summed E-state index contributed by atoms with van der Waals surface area (Å²) in [6.07, 6.45) is 0.266. The minimum atomic E-state index is -0.600. The average Bonchev–Trinajstić information content (AvgIpc) is 2.51. The zero-order valence-electron chi connectivity index (χ0n) is 13.3. The summed E-state index contributed by atoms with van der Waals surface area (Å²) in [5, 5.41) is 2.99. The first-order chi connectivity index (χ1) is 10.9. The van der Waals surface area contributed by atoms with Crippen LogP contribution < -0.4 is 10.1 Å². The van der Waals surface area contributed by atoms with Crippen molar-refractivity contribution in [3.8, 4) is 5.75 Å². The standard InChI is InChI=1S/C18H19Br2NO2/c1-4-13-7-5-6-11(2)17(13)21-18(22)12(3)23-16-9-8-14(19)10-15(16)20/h5-10,12H,4H2,1-3H3,(H,21,22)/t12-/m0/s1. The molecule has 1 atom stereocenters. The van der Waals surface area contributed by atoms with Crippen LogP contribution in [0.3, 0.4) is 0 Å². The van der Waals surface area contributed by atoms with Crippen molar-refractivity contribution in [1.29, 1.82) is 0 Å². The van der Waals surface area contributed by atoms with Crippen molar-refractivity contribution < 1.29 is 9.53 Å². The molecule has 2 aromatic rings. The molecule has 0 aliphatic heterocycles. The summed E-state index contributed by atoms with van der Waals surface area (Å²) >= 11 is 6.83. The zero-order chi connectivity index (χ0) is 17.0. The quantitative estimate of drug-likeness (QED) is 0.667. The van der Waals surface area contributed by atoms with Gasteiger partial charge in [0, 0.05) is 10.2 Å². The van der Waals surface area contributed by atoms with E-state index in [2.05, 4.69) is 44.1 Å². The first kappa shape index (κ1) is 18.0. The number of halogens is 2. The molecule has 0 fully saturated rings. The summed E-state index contributed by atoms with van der Waals surface area (Å²) in [6.45, 7) is 5.81. The predicted octanol–water partition coefficient (Wildman–Crippen LogP) is 5.49. The number of rotatable bonds is 5. The Hall–Kier alpha value is -1.33. The fraction of sp³-hybridized carbons (Fsp3) is 0.278. The van der Waals surface area contributed by atoms with E-state index in [9.17, 15) is 4.79 Å². The zero-order valence-corrected chi connectivity index (χ0v) is 16.5. The van der Waals surface area contributed by atoms with Gasteiger partial charge in [-0.05, 0) is 65.5 Å². The maximum atomic E-state index is 12.5. The highest BCUT2D eigenvalue weighted by Gasteiger charge is 2.18. The number of ether oxygens (including phenoxy) is 1. The van der Waals surface area contributed by atoms with Gasteiger partial charge in [0.1, 0.15) is 5.75 Å². The lowest BCUT2D eigenvalue weighted by Crippen LogP contribution is -2.30. The number of carbonyl (C=O) groups is 1. The van der Waals surface area contributed by atoms with E-state index in [0.29, 0.717) is 5.75 Å². The Morgan fingerprint density at radius 1 is 1.26 bits per heavy atom. The summed E-state index contributed by atoms with van der Waals surface area (Å²) < 4.78 is 7.52. The van der Waals surface area contributed by atoms with Gasteiger partial charge in [-0.3, -0.25) is 4.79 Å². The summed E-state index contributed by atoms with van der Waals surface area (Å²) in [5.41, 5.74) is 3.05. The molecule has 0 aromatic heterocycles. The summed E-state index contributed by atoms with van der Waals surface area (Å²) in [4.78, 5) is 12.5. The molecule has 0 aliphatic carbocycles. The fourth-order valence-corrected chi connectivity index (χ4v) is 3.38. The van der Waals surface area contributed by atoms with Crippen LogP contribution in [-0.2, 0) is 11.2 Å². The SMILES string of the molecule is CCc1cccc(C)c1NC(=O)[C@H](C)Oc1ccc(Br)cc1Br. The van der Waals surface area contributed by atoms with Gasteiger partial charge in [-0.15, -0.1) is 0 Å². The Kier molecular flexibility index (Phi) is 6.25. The predicted molar refractivity (Wildman–Crippen MR) is 101 cm³/mol. The van der Waals surface area contributed by atoms with Gasteiger partial charge >= 0.3 is 0 Å². The molecule has 2 rings (SSSR count). The van der Waals surface area contributed by atoms with Crippen LogP contribution >= 0.6 is 31.9 Å². The minimum absolute atomic E-state index is 0.163. The Morgan fingerprint density at radius 3 is 2.65 bits per heavy atom. The molecule has 0 spiro atoms. The van der Waals surface area contributed by atoms with E-state index in [1.807, 2.05) is 43.3 Å². The van der Waals surface area contributed by atoms with Crippen molar-refractivity contribution in [2.45, 2.75) is 33.3 Å². The van der Waals surface area contributed by atoms with Gasteiger partial charge in [-0.2, -0.15) is 0 Å². The molecule has 0 saturated heterocycles. The van der Waals surface area contributed by atoms with Gasteiger partial charge in [0.25, 0.3) is 5.91 Å². The number of hydrogen-bond acceptors (Lipinski definition) is 2. The van der Waals surface area contributed by atoms with Crippen molar-refractivity contribution in [2.75, 3.05) is 5.32 Å². The van der Waals surface area contributed by atoms with Crippen molar-refractivity contribution in [2.24, 2.45) is 0 Å². The van der Waals surface area contributed by atoms with E-state index in [1.165, 1.54) is 0 Å². The number of benzene rings is 2. The normalized spacial score (nSPS) is 11.9. The lowest BCUT2D eigenvalue weighted by atomic mass is 10.1. The van der Waals surface area contributed by atoms with Crippen LogP contribution in [0.15, 0.2) is 45.3 Å².